The van der Waals surface area contributed by atoms with Crippen molar-refractivity contribution in [1.29, 1.82) is 0 Å². The van der Waals surface area contributed by atoms with E-state index in [0.29, 0.717) is 10.6 Å². The summed E-state index contributed by atoms with van der Waals surface area (Å²) in [4.78, 5) is 11.9. The highest BCUT2D eigenvalue weighted by molar-refractivity contribution is 6.30. The van der Waals surface area contributed by atoms with Crippen LogP contribution in [0, 0.1) is 0 Å². The van der Waals surface area contributed by atoms with Crippen LogP contribution in [0.15, 0.2) is 59.7 Å². The van der Waals surface area contributed by atoms with E-state index < -0.39 is 0 Å². The summed E-state index contributed by atoms with van der Waals surface area (Å²) in [7, 11) is 0. The molecule has 21 heavy (non-hydrogen) atoms. The molecule has 108 valence electrons. The summed E-state index contributed by atoms with van der Waals surface area (Å²) in [5.41, 5.74) is 5.20. The van der Waals surface area contributed by atoms with Gasteiger partial charge in [0.05, 0.1) is 0 Å². The zero-order valence-corrected chi connectivity index (χ0v) is 12.6. The molecule has 0 spiro atoms. The van der Waals surface area contributed by atoms with Gasteiger partial charge in [-0.25, -0.2) is 5.43 Å². The van der Waals surface area contributed by atoms with Crippen LogP contribution in [0.5, 0.6) is 0 Å². The Labute approximate surface area is 129 Å². The van der Waals surface area contributed by atoms with Crippen LogP contribution >= 0.6 is 11.6 Å². The van der Waals surface area contributed by atoms with Crippen LogP contribution in [0.4, 0.5) is 0 Å². The number of aryl methyl sites for hydroxylation is 1. The SMILES string of the molecule is C/C(CCc1ccccc1)=N/NC(=O)c1cccc(Cl)c1. The predicted octanol–water partition coefficient (Wildman–Crippen LogP) is 4.08. The van der Waals surface area contributed by atoms with Gasteiger partial charge in [-0.05, 0) is 43.5 Å². The third-order valence-electron chi connectivity index (χ3n) is 3.05. The molecule has 0 bridgehead atoms. The van der Waals surface area contributed by atoms with E-state index in [9.17, 15) is 4.79 Å². The molecule has 2 rings (SSSR count). The maximum Gasteiger partial charge on any atom is 0.271 e. The number of carbonyl (C=O) groups is 1. The van der Waals surface area contributed by atoms with Crippen molar-refractivity contribution >= 4 is 23.2 Å². The smallest absolute Gasteiger partial charge is 0.267 e. The number of carbonyl (C=O) groups excluding carboxylic acids is 1. The molecule has 1 amide bonds. The van der Waals surface area contributed by atoms with Crippen molar-refractivity contribution in [3.05, 3.63) is 70.7 Å². The van der Waals surface area contributed by atoms with Crippen molar-refractivity contribution < 1.29 is 4.79 Å². The Morgan fingerprint density at radius 3 is 2.62 bits per heavy atom. The molecule has 0 unspecified atom stereocenters. The van der Waals surface area contributed by atoms with Crippen LogP contribution in [-0.2, 0) is 6.42 Å². The molecule has 0 saturated carbocycles. The van der Waals surface area contributed by atoms with Gasteiger partial charge in [-0.2, -0.15) is 5.10 Å². The van der Waals surface area contributed by atoms with E-state index in [1.807, 2.05) is 25.1 Å². The van der Waals surface area contributed by atoms with Gasteiger partial charge in [-0.15, -0.1) is 0 Å². The Balaban J connectivity index is 1.87. The van der Waals surface area contributed by atoms with E-state index in [2.05, 4.69) is 22.7 Å². The lowest BCUT2D eigenvalue weighted by molar-refractivity contribution is 0.0954. The molecule has 4 heteroatoms. The van der Waals surface area contributed by atoms with E-state index in [1.165, 1.54) is 5.56 Å². The number of hydrogen-bond acceptors (Lipinski definition) is 2. The molecule has 0 aliphatic rings. The maximum atomic E-state index is 11.9. The van der Waals surface area contributed by atoms with Crippen molar-refractivity contribution in [3.63, 3.8) is 0 Å². The van der Waals surface area contributed by atoms with E-state index in [0.717, 1.165) is 18.6 Å². The number of halogens is 1. The average molecular weight is 301 g/mol. The average Bonchev–Trinajstić information content (AvgIpc) is 2.51. The molecule has 0 atom stereocenters. The minimum absolute atomic E-state index is 0.253. The fraction of sp³-hybridized carbons (Fsp3) is 0.176. The number of nitrogens with zero attached hydrogens (tertiary/aromatic N) is 1. The van der Waals surface area contributed by atoms with Crippen LogP contribution in [-0.4, -0.2) is 11.6 Å². The summed E-state index contributed by atoms with van der Waals surface area (Å²) in [5, 5.41) is 4.65. The summed E-state index contributed by atoms with van der Waals surface area (Å²) in [6.07, 6.45) is 1.71. The Morgan fingerprint density at radius 1 is 1.14 bits per heavy atom. The van der Waals surface area contributed by atoms with E-state index in [-0.39, 0.29) is 5.91 Å². The Bertz CT molecular complexity index is 638. The van der Waals surface area contributed by atoms with Crippen LogP contribution in [0.3, 0.4) is 0 Å². The first kappa shape index (κ1) is 15.3. The third-order valence-corrected chi connectivity index (χ3v) is 3.29. The van der Waals surface area contributed by atoms with E-state index in [1.54, 1.807) is 24.3 Å². The lowest BCUT2D eigenvalue weighted by Gasteiger charge is -2.03. The molecule has 1 N–H and O–H groups in total. The van der Waals surface area contributed by atoms with Crippen molar-refractivity contribution in [2.75, 3.05) is 0 Å². The highest BCUT2D eigenvalue weighted by Gasteiger charge is 2.04. The molecule has 0 fully saturated rings. The zero-order valence-electron chi connectivity index (χ0n) is 11.8. The first-order chi connectivity index (χ1) is 10.1. The summed E-state index contributed by atoms with van der Waals surface area (Å²) in [6, 6.07) is 17.0. The Hall–Kier alpha value is -2.13. The van der Waals surface area contributed by atoms with E-state index >= 15 is 0 Å². The van der Waals surface area contributed by atoms with Crippen molar-refractivity contribution in [3.8, 4) is 0 Å². The monoisotopic (exact) mass is 300 g/mol. The topological polar surface area (TPSA) is 41.5 Å². The van der Waals surface area contributed by atoms with Gasteiger partial charge in [-0.1, -0.05) is 48.0 Å². The summed E-state index contributed by atoms with van der Waals surface area (Å²) in [6.45, 7) is 1.90. The van der Waals surface area contributed by atoms with Crippen molar-refractivity contribution in [2.24, 2.45) is 5.10 Å². The number of hydrazone groups is 1. The van der Waals surface area contributed by atoms with Gasteiger partial charge in [0.2, 0.25) is 0 Å². The summed E-state index contributed by atoms with van der Waals surface area (Å²) in [5.74, 6) is -0.253. The third kappa shape index (κ3) is 5.04. The van der Waals surface area contributed by atoms with Crippen LogP contribution in [0.25, 0.3) is 0 Å². The number of nitrogens with one attached hydrogen (secondary N) is 1. The van der Waals surface area contributed by atoms with Crippen LogP contribution in [0.1, 0.15) is 29.3 Å². The molecule has 0 aromatic heterocycles. The molecular formula is C17H17ClN2O. The second kappa shape index (κ2) is 7.60. The normalized spacial score (nSPS) is 11.2. The molecule has 2 aromatic carbocycles. The molecule has 2 aromatic rings. The number of benzene rings is 2. The summed E-state index contributed by atoms with van der Waals surface area (Å²) >= 11 is 5.85. The molecular weight excluding hydrogens is 284 g/mol. The highest BCUT2D eigenvalue weighted by atomic mass is 35.5. The fourth-order valence-corrected chi connectivity index (χ4v) is 2.06. The second-order valence-electron chi connectivity index (χ2n) is 4.78. The largest absolute Gasteiger partial charge is 0.271 e. The molecule has 3 nitrogen and oxygen atoms in total. The second-order valence-corrected chi connectivity index (χ2v) is 5.22. The Kier molecular flexibility index (Phi) is 5.52. The van der Waals surface area contributed by atoms with Gasteiger partial charge in [0.15, 0.2) is 0 Å². The fourth-order valence-electron chi connectivity index (χ4n) is 1.87. The van der Waals surface area contributed by atoms with Crippen LogP contribution < -0.4 is 5.43 Å². The molecule has 0 aliphatic heterocycles. The standard InChI is InChI=1S/C17H17ClN2O/c1-13(10-11-14-6-3-2-4-7-14)19-20-17(21)15-8-5-9-16(18)12-15/h2-9,12H,10-11H2,1H3,(H,20,21)/b19-13-. The lowest BCUT2D eigenvalue weighted by atomic mass is 10.1. The summed E-state index contributed by atoms with van der Waals surface area (Å²) < 4.78 is 0. The number of hydrogen-bond donors (Lipinski definition) is 1. The van der Waals surface area contributed by atoms with Gasteiger partial charge >= 0.3 is 0 Å². The van der Waals surface area contributed by atoms with Gasteiger partial charge in [-0.3, -0.25) is 4.79 Å². The highest BCUT2D eigenvalue weighted by Crippen LogP contribution is 2.10. The first-order valence-electron chi connectivity index (χ1n) is 6.78. The first-order valence-corrected chi connectivity index (χ1v) is 7.16. The van der Waals surface area contributed by atoms with Gasteiger partial charge in [0.25, 0.3) is 5.91 Å². The lowest BCUT2D eigenvalue weighted by Crippen LogP contribution is -2.19. The van der Waals surface area contributed by atoms with E-state index in [4.69, 9.17) is 11.6 Å². The van der Waals surface area contributed by atoms with Gasteiger partial charge < -0.3 is 0 Å². The maximum absolute atomic E-state index is 11.9. The molecule has 0 heterocycles. The minimum atomic E-state index is -0.253. The minimum Gasteiger partial charge on any atom is -0.267 e. The molecule has 0 radical (unpaired) electrons. The zero-order chi connectivity index (χ0) is 15.1. The number of amides is 1. The number of rotatable bonds is 5. The van der Waals surface area contributed by atoms with Crippen LogP contribution in [0.2, 0.25) is 5.02 Å². The van der Waals surface area contributed by atoms with Gasteiger partial charge in [0.1, 0.15) is 0 Å². The van der Waals surface area contributed by atoms with Crippen molar-refractivity contribution in [2.45, 2.75) is 19.8 Å². The molecule has 0 saturated heterocycles. The van der Waals surface area contributed by atoms with Gasteiger partial charge in [0, 0.05) is 16.3 Å². The van der Waals surface area contributed by atoms with Crippen molar-refractivity contribution in [1.82, 2.24) is 5.43 Å². The quantitative estimate of drug-likeness (QED) is 0.656. The predicted molar refractivity (Wildman–Crippen MR) is 86.8 cm³/mol. The Morgan fingerprint density at radius 2 is 1.90 bits per heavy atom. The molecule has 0 aliphatic carbocycles.